The summed E-state index contributed by atoms with van der Waals surface area (Å²) in [6.07, 6.45) is 1.75. The molecule has 174 valence electrons. The molecular formula is C23H30FIN4O3. The first kappa shape index (κ1) is 25.6. The summed E-state index contributed by atoms with van der Waals surface area (Å²) >= 11 is 0. The Morgan fingerprint density at radius 1 is 1.12 bits per heavy atom. The standard InChI is InChI=1S/C23H29FN4O3.HI/c1-4-25-23(27-14-15-7-8-21(29)19(24)10-15)26-9-5-6-16-11-18-20(28-16)12-17(30-2)13-22(18)31-3;/h7-8,10-13,28-29H,4-6,9,14H2,1-3H3,(H2,25,26,27);1H. The maximum absolute atomic E-state index is 13.5. The molecule has 0 atom stereocenters. The Morgan fingerprint density at radius 3 is 2.62 bits per heavy atom. The van der Waals surface area contributed by atoms with E-state index in [2.05, 4.69) is 26.7 Å². The van der Waals surface area contributed by atoms with Gasteiger partial charge in [0.2, 0.25) is 0 Å². The lowest BCUT2D eigenvalue weighted by Crippen LogP contribution is -2.37. The van der Waals surface area contributed by atoms with E-state index in [1.807, 2.05) is 19.1 Å². The second-order valence-corrected chi connectivity index (χ2v) is 7.10. The first-order valence-corrected chi connectivity index (χ1v) is 10.3. The maximum atomic E-state index is 13.5. The number of aromatic amines is 1. The number of ether oxygens (including phenoxy) is 2. The van der Waals surface area contributed by atoms with Crippen molar-refractivity contribution in [3.63, 3.8) is 0 Å². The van der Waals surface area contributed by atoms with Crippen molar-refractivity contribution >= 4 is 40.8 Å². The number of hydrogen-bond donors (Lipinski definition) is 4. The van der Waals surface area contributed by atoms with Crippen molar-refractivity contribution in [2.75, 3.05) is 27.3 Å². The molecule has 0 aliphatic heterocycles. The Kier molecular flexibility index (Phi) is 9.89. The molecule has 0 amide bonds. The fraction of sp³-hybridized carbons (Fsp3) is 0.348. The Bertz CT molecular complexity index is 1060. The van der Waals surface area contributed by atoms with Crippen LogP contribution in [0.5, 0.6) is 17.2 Å². The number of halogens is 2. The van der Waals surface area contributed by atoms with Crippen LogP contribution in [0.1, 0.15) is 24.6 Å². The third-order valence-electron chi connectivity index (χ3n) is 4.88. The van der Waals surface area contributed by atoms with Crippen LogP contribution in [0.25, 0.3) is 10.9 Å². The number of hydrogen-bond acceptors (Lipinski definition) is 4. The second kappa shape index (κ2) is 12.4. The Balaban J connectivity index is 0.00000363. The lowest BCUT2D eigenvalue weighted by Gasteiger charge is -2.11. The molecule has 2 aromatic carbocycles. The van der Waals surface area contributed by atoms with E-state index in [0.29, 0.717) is 18.1 Å². The van der Waals surface area contributed by atoms with E-state index in [1.54, 1.807) is 20.3 Å². The minimum Gasteiger partial charge on any atom is -0.505 e. The molecule has 3 aromatic rings. The van der Waals surface area contributed by atoms with Crippen LogP contribution in [0, 0.1) is 5.82 Å². The lowest BCUT2D eigenvalue weighted by atomic mass is 10.2. The molecule has 9 heteroatoms. The molecule has 0 unspecified atom stereocenters. The number of phenols is 1. The molecule has 1 aromatic heterocycles. The first-order valence-electron chi connectivity index (χ1n) is 10.3. The number of rotatable bonds is 9. The van der Waals surface area contributed by atoms with Crippen LogP contribution in [-0.2, 0) is 13.0 Å². The lowest BCUT2D eigenvalue weighted by molar-refractivity contribution is 0.398. The molecular weight excluding hydrogens is 526 g/mol. The molecule has 0 spiro atoms. The summed E-state index contributed by atoms with van der Waals surface area (Å²) in [4.78, 5) is 7.91. The number of aryl methyl sites for hydroxylation is 1. The monoisotopic (exact) mass is 556 g/mol. The Morgan fingerprint density at radius 2 is 1.94 bits per heavy atom. The molecule has 1 heterocycles. The van der Waals surface area contributed by atoms with E-state index in [1.165, 1.54) is 12.1 Å². The average Bonchev–Trinajstić information content (AvgIpc) is 3.19. The van der Waals surface area contributed by atoms with E-state index >= 15 is 0 Å². The number of nitrogens with zero attached hydrogens (tertiary/aromatic N) is 1. The molecule has 4 N–H and O–H groups in total. The zero-order valence-electron chi connectivity index (χ0n) is 18.5. The second-order valence-electron chi connectivity index (χ2n) is 7.10. The van der Waals surface area contributed by atoms with Crippen LogP contribution >= 0.6 is 24.0 Å². The van der Waals surface area contributed by atoms with Gasteiger partial charge in [0.05, 0.1) is 26.3 Å². The van der Waals surface area contributed by atoms with Crippen molar-refractivity contribution in [2.45, 2.75) is 26.3 Å². The highest BCUT2D eigenvalue weighted by Gasteiger charge is 2.09. The summed E-state index contributed by atoms with van der Waals surface area (Å²) in [6.45, 7) is 3.75. The molecule has 0 bridgehead atoms. The number of H-pyrrole nitrogens is 1. The van der Waals surface area contributed by atoms with Crippen molar-refractivity contribution < 1.29 is 19.0 Å². The van der Waals surface area contributed by atoms with E-state index < -0.39 is 5.82 Å². The van der Waals surface area contributed by atoms with Crippen molar-refractivity contribution in [1.82, 2.24) is 15.6 Å². The van der Waals surface area contributed by atoms with Gasteiger partial charge in [-0.3, -0.25) is 0 Å². The summed E-state index contributed by atoms with van der Waals surface area (Å²) in [7, 11) is 3.29. The van der Waals surface area contributed by atoms with Crippen LogP contribution in [-0.4, -0.2) is 43.4 Å². The fourth-order valence-corrected chi connectivity index (χ4v) is 3.30. The van der Waals surface area contributed by atoms with Crippen LogP contribution in [0.4, 0.5) is 4.39 Å². The Hall–Kier alpha value is -2.69. The third-order valence-corrected chi connectivity index (χ3v) is 4.88. The van der Waals surface area contributed by atoms with E-state index in [9.17, 15) is 9.50 Å². The van der Waals surface area contributed by atoms with Gasteiger partial charge >= 0.3 is 0 Å². The van der Waals surface area contributed by atoms with Crippen molar-refractivity contribution in [2.24, 2.45) is 4.99 Å². The summed E-state index contributed by atoms with van der Waals surface area (Å²) in [5.74, 6) is 1.20. The van der Waals surface area contributed by atoms with Gasteiger partial charge in [-0.1, -0.05) is 6.07 Å². The number of phenolic OH excluding ortho intramolecular Hbond substituents is 1. The quantitative estimate of drug-likeness (QED) is 0.136. The number of aromatic nitrogens is 1. The van der Waals surface area contributed by atoms with Gasteiger partial charge in [-0.15, -0.1) is 24.0 Å². The summed E-state index contributed by atoms with van der Waals surface area (Å²) in [6, 6.07) is 10.2. The zero-order chi connectivity index (χ0) is 22.2. The molecule has 0 radical (unpaired) electrons. The molecule has 3 rings (SSSR count). The van der Waals surface area contributed by atoms with Crippen molar-refractivity contribution in [3.8, 4) is 17.2 Å². The van der Waals surface area contributed by atoms with Gasteiger partial charge in [0.1, 0.15) is 11.5 Å². The average molecular weight is 556 g/mol. The predicted molar refractivity (Wildman–Crippen MR) is 136 cm³/mol. The molecule has 32 heavy (non-hydrogen) atoms. The van der Waals surface area contributed by atoms with Gasteiger partial charge in [-0.25, -0.2) is 9.38 Å². The number of methoxy groups -OCH3 is 2. The van der Waals surface area contributed by atoms with E-state index in [-0.39, 0.29) is 29.7 Å². The van der Waals surface area contributed by atoms with Gasteiger partial charge in [0.25, 0.3) is 0 Å². The highest BCUT2D eigenvalue weighted by atomic mass is 127. The van der Waals surface area contributed by atoms with Crippen LogP contribution in [0.15, 0.2) is 41.4 Å². The van der Waals surface area contributed by atoms with E-state index in [0.717, 1.165) is 54.0 Å². The van der Waals surface area contributed by atoms with Gasteiger partial charge < -0.3 is 30.2 Å². The number of guanidine groups is 1. The molecule has 0 saturated heterocycles. The van der Waals surface area contributed by atoms with Crippen LogP contribution in [0.3, 0.4) is 0 Å². The predicted octanol–water partition coefficient (Wildman–Crippen LogP) is 4.34. The molecule has 0 fully saturated rings. The van der Waals surface area contributed by atoms with Gasteiger partial charge in [-0.2, -0.15) is 0 Å². The van der Waals surface area contributed by atoms with Crippen molar-refractivity contribution in [1.29, 1.82) is 0 Å². The van der Waals surface area contributed by atoms with Crippen LogP contribution in [0.2, 0.25) is 0 Å². The number of benzene rings is 2. The maximum Gasteiger partial charge on any atom is 0.191 e. The number of nitrogens with one attached hydrogen (secondary N) is 3. The largest absolute Gasteiger partial charge is 0.505 e. The smallest absolute Gasteiger partial charge is 0.191 e. The van der Waals surface area contributed by atoms with Crippen molar-refractivity contribution in [3.05, 3.63) is 53.5 Å². The summed E-state index contributed by atoms with van der Waals surface area (Å²) < 4.78 is 24.3. The molecule has 7 nitrogen and oxygen atoms in total. The zero-order valence-corrected chi connectivity index (χ0v) is 20.8. The fourth-order valence-electron chi connectivity index (χ4n) is 3.30. The topological polar surface area (TPSA) is 90.9 Å². The van der Waals surface area contributed by atoms with Gasteiger partial charge in [0.15, 0.2) is 17.5 Å². The number of aliphatic imine (C=N–C) groups is 1. The number of aromatic hydroxyl groups is 1. The molecule has 0 saturated carbocycles. The highest BCUT2D eigenvalue weighted by molar-refractivity contribution is 14.0. The minimum absolute atomic E-state index is 0. The minimum atomic E-state index is -0.641. The van der Waals surface area contributed by atoms with Gasteiger partial charge in [-0.05, 0) is 43.5 Å². The third kappa shape index (κ3) is 6.65. The summed E-state index contributed by atoms with van der Waals surface area (Å²) in [5.41, 5.74) is 2.79. The highest BCUT2D eigenvalue weighted by Crippen LogP contribution is 2.31. The van der Waals surface area contributed by atoms with Gasteiger partial charge in [0, 0.05) is 36.3 Å². The Labute approximate surface area is 204 Å². The normalized spacial score (nSPS) is 11.2. The van der Waals surface area contributed by atoms with Crippen LogP contribution < -0.4 is 20.1 Å². The van der Waals surface area contributed by atoms with E-state index in [4.69, 9.17) is 9.47 Å². The SMILES string of the molecule is CCNC(=NCc1ccc(O)c(F)c1)NCCCc1cc2c(OC)cc(OC)cc2[nH]1.I. The molecule has 0 aliphatic rings. The molecule has 0 aliphatic carbocycles. The summed E-state index contributed by atoms with van der Waals surface area (Å²) in [5, 5.41) is 16.8. The number of fused-ring (bicyclic) bond motifs is 1. The first-order chi connectivity index (χ1) is 15.0.